The Morgan fingerprint density at radius 2 is 1.50 bits per heavy atom. The molecule has 0 unspecified atom stereocenters. The average Bonchev–Trinajstić information content (AvgIpc) is 2.73. The van der Waals surface area contributed by atoms with Crippen LogP contribution in [0.1, 0.15) is 33.6 Å². The van der Waals surface area contributed by atoms with Crippen molar-refractivity contribution >= 4 is 17.5 Å². The lowest BCUT2D eigenvalue weighted by Gasteiger charge is -2.24. The Bertz CT molecular complexity index is 685. The Kier molecular flexibility index (Phi) is 9.35. The van der Waals surface area contributed by atoms with E-state index in [0.29, 0.717) is 13.2 Å². The quantitative estimate of drug-likeness (QED) is 0.481. The van der Waals surface area contributed by atoms with Gasteiger partial charge in [-0.2, -0.15) is 0 Å². The van der Waals surface area contributed by atoms with Gasteiger partial charge in [0.05, 0.1) is 18.0 Å². The molecule has 5 nitrogen and oxygen atoms in total. The number of anilines is 2. The van der Waals surface area contributed by atoms with Gasteiger partial charge in [-0.1, -0.05) is 45.4 Å². The zero-order valence-corrected chi connectivity index (χ0v) is 17.3. The number of amides is 1. The number of hydrogen-bond acceptors (Lipinski definition) is 4. The molecule has 0 atom stereocenters. The molecule has 5 heteroatoms. The van der Waals surface area contributed by atoms with Gasteiger partial charge in [0.2, 0.25) is 0 Å². The largest absolute Gasteiger partial charge is 0.494 e. The maximum atomic E-state index is 12.9. The molecular weight excluding hydrogens is 352 g/mol. The molecule has 2 aromatic rings. The molecule has 0 aliphatic carbocycles. The van der Waals surface area contributed by atoms with Gasteiger partial charge in [0.25, 0.3) is 0 Å². The van der Waals surface area contributed by atoms with E-state index in [0.717, 1.165) is 49.6 Å². The summed E-state index contributed by atoms with van der Waals surface area (Å²) >= 11 is 0. The fourth-order valence-electron chi connectivity index (χ4n) is 2.83. The monoisotopic (exact) mass is 384 g/mol. The average molecular weight is 385 g/mol. The molecular formula is C23H32N2O3. The van der Waals surface area contributed by atoms with Gasteiger partial charge in [-0.15, -0.1) is 0 Å². The first-order chi connectivity index (χ1) is 13.7. The van der Waals surface area contributed by atoms with Crippen LogP contribution >= 0.6 is 0 Å². The minimum atomic E-state index is -0.377. The van der Waals surface area contributed by atoms with Gasteiger partial charge in [0.1, 0.15) is 12.4 Å². The molecule has 0 aromatic heterocycles. The van der Waals surface area contributed by atoms with E-state index < -0.39 is 0 Å². The van der Waals surface area contributed by atoms with Crippen LogP contribution in [0.5, 0.6) is 5.75 Å². The minimum absolute atomic E-state index is 0.363. The van der Waals surface area contributed by atoms with E-state index in [1.807, 2.05) is 54.6 Å². The molecule has 0 fully saturated rings. The molecule has 28 heavy (non-hydrogen) atoms. The summed E-state index contributed by atoms with van der Waals surface area (Å²) in [6, 6.07) is 17.1. The maximum Gasteiger partial charge on any atom is 0.418 e. The van der Waals surface area contributed by atoms with Crippen molar-refractivity contribution in [1.29, 1.82) is 0 Å². The lowest BCUT2D eigenvalue weighted by atomic mass is 10.2. The Balaban J connectivity index is 2.10. The number of ether oxygens (including phenoxy) is 2. The molecule has 0 saturated heterocycles. The van der Waals surface area contributed by atoms with Gasteiger partial charge < -0.3 is 14.4 Å². The number of rotatable bonds is 11. The van der Waals surface area contributed by atoms with Crippen LogP contribution in [0, 0.1) is 0 Å². The number of unbranched alkanes of at least 4 members (excludes halogenated alkanes) is 1. The Morgan fingerprint density at radius 3 is 2.11 bits per heavy atom. The van der Waals surface area contributed by atoms with E-state index in [2.05, 4.69) is 25.7 Å². The van der Waals surface area contributed by atoms with Crippen LogP contribution in [-0.2, 0) is 4.74 Å². The molecule has 0 radical (unpaired) electrons. The number of para-hydroxylation sites is 1. The first-order valence-electron chi connectivity index (χ1n) is 10.2. The molecule has 0 aliphatic heterocycles. The van der Waals surface area contributed by atoms with Crippen LogP contribution in [0.25, 0.3) is 0 Å². The van der Waals surface area contributed by atoms with Crippen LogP contribution in [-0.4, -0.2) is 43.8 Å². The van der Waals surface area contributed by atoms with E-state index in [-0.39, 0.29) is 6.09 Å². The molecule has 1 amide bonds. The summed E-state index contributed by atoms with van der Waals surface area (Å²) in [6.07, 6.45) is 1.74. The molecule has 0 saturated carbocycles. The number of carbonyl (C=O) groups excluding carboxylic acids is 1. The van der Waals surface area contributed by atoms with E-state index in [9.17, 15) is 4.79 Å². The second-order valence-electron chi connectivity index (χ2n) is 6.51. The summed E-state index contributed by atoms with van der Waals surface area (Å²) in [5.41, 5.74) is 1.52. The molecule has 0 bridgehead atoms. The number of hydrogen-bond donors (Lipinski definition) is 0. The lowest BCUT2D eigenvalue weighted by molar-refractivity contribution is 0.138. The minimum Gasteiger partial charge on any atom is -0.494 e. The van der Waals surface area contributed by atoms with Crippen molar-refractivity contribution < 1.29 is 14.3 Å². The smallest absolute Gasteiger partial charge is 0.418 e. The van der Waals surface area contributed by atoms with Gasteiger partial charge in [-0.25, -0.2) is 9.69 Å². The zero-order chi connectivity index (χ0) is 20.2. The van der Waals surface area contributed by atoms with E-state index >= 15 is 0 Å². The van der Waals surface area contributed by atoms with Gasteiger partial charge in [0, 0.05) is 6.54 Å². The second kappa shape index (κ2) is 12.0. The van der Waals surface area contributed by atoms with Crippen molar-refractivity contribution in [3.63, 3.8) is 0 Å². The summed E-state index contributed by atoms with van der Waals surface area (Å²) in [5.74, 6) is 0.806. The summed E-state index contributed by atoms with van der Waals surface area (Å²) in [6.45, 7) is 10.0. The maximum absolute atomic E-state index is 12.9. The topological polar surface area (TPSA) is 42.0 Å². The first-order valence-corrected chi connectivity index (χ1v) is 10.2. The van der Waals surface area contributed by atoms with Crippen LogP contribution in [0.2, 0.25) is 0 Å². The normalized spacial score (nSPS) is 10.7. The van der Waals surface area contributed by atoms with Crippen LogP contribution < -0.4 is 9.64 Å². The Hall–Kier alpha value is -2.53. The molecule has 0 aliphatic rings. The number of carbonyl (C=O) groups is 1. The summed E-state index contributed by atoms with van der Waals surface area (Å²) in [5, 5.41) is 0. The van der Waals surface area contributed by atoms with Gasteiger partial charge in [-0.3, -0.25) is 0 Å². The first kappa shape index (κ1) is 21.8. The summed E-state index contributed by atoms with van der Waals surface area (Å²) in [7, 11) is 0. The highest BCUT2D eigenvalue weighted by Gasteiger charge is 2.19. The van der Waals surface area contributed by atoms with Crippen molar-refractivity contribution in [2.75, 3.05) is 37.7 Å². The highest BCUT2D eigenvalue weighted by Crippen LogP contribution is 2.28. The van der Waals surface area contributed by atoms with Gasteiger partial charge in [-0.05, 0) is 55.9 Å². The number of benzene rings is 2. The van der Waals surface area contributed by atoms with Crippen LogP contribution in [0.4, 0.5) is 16.2 Å². The Morgan fingerprint density at radius 1 is 0.857 bits per heavy atom. The highest BCUT2D eigenvalue weighted by molar-refractivity contribution is 5.96. The third-order valence-electron chi connectivity index (χ3n) is 4.59. The number of likely N-dealkylation sites (N-methyl/N-ethyl adjacent to an activating group) is 1. The third kappa shape index (κ3) is 6.57. The fraction of sp³-hybridized carbons (Fsp3) is 0.435. The molecule has 0 N–H and O–H groups in total. The molecule has 0 heterocycles. The van der Waals surface area contributed by atoms with Crippen LogP contribution in [0.3, 0.4) is 0 Å². The van der Waals surface area contributed by atoms with Gasteiger partial charge in [0.15, 0.2) is 0 Å². The fourth-order valence-corrected chi connectivity index (χ4v) is 2.83. The lowest BCUT2D eigenvalue weighted by Crippen LogP contribution is -2.32. The molecule has 0 spiro atoms. The SMILES string of the molecule is CCCCOc1ccc(N(C(=O)OCCN(CC)CC)c2ccccc2)cc1. The standard InChI is InChI=1S/C23H32N2O3/c1-4-7-18-27-22-15-13-21(14-16-22)25(20-11-9-8-10-12-20)23(26)28-19-17-24(5-2)6-3/h8-16H,4-7,17-19H2,1-3H3. The predicted molar refractivity (Wildman–Crippen MR) is 115 cm³/mol. The van der Waals surface area contributed by atoms with Crippen molar-refractivity contribution in [2.24, 2.45) is 0 Å². The molecule has 2 aromatic carbocycles. The third-order valence-corrected chi connectivity index (χ3v) is 4.59. The van der Waals surface area contributed by atoms with Crippen molar-refractivity contribution in [3.8, 4) is 5.75 Å². The predicted octanol–water partition coefficient (Wildman–Crippen LogP) is 5.48. The molecule has 152 valence electrons. The van der Waals surface area contributed by atoms with E-state index in [1.165, 1.54) is 0 Å². The van der Waals surface area contributed by atoms with Crippen molar-refractivity contribution in [1.82, 2.24) is 4.90 Å². The van der Waals surface area contributed by atoms with Gasteiger partial charge >= 0.3 is 6.09 Å². The zero-order valence-electron chi connectivity index (χ0n) is 17.3. The molecule has 2 rings (SSSR count). The summed E-state index contributed by atoms with van der Waals surface area (Å²) in [4.78, 5) is 16.7. The number of nitrogens with zero attached hydrogens (tertiary/aromatic N) is 2. The summed E-state index contributed by atoms with van der Waals surface area (Å²) < 4.78 is 11.3. The Labute approximate surface area is 168 Å². The van der Waals surface area contributed by atoms with Crippen molar-refractivity contribution in [2.45, 2.75) is 33.6 Å². The van der Waals surface area contributed by atoms with Crippen LogP contribution in [0.15, 0.2) is 54.6 Å². The second-order valence-corrected chi connectivity index (χ2v) is 6.51. The van der Waals surface area contributed by atoms with Crippen molar-refractivity contribution in [3.05, 3.63) is 54.6 Å². The highest BCUT2D eigenvalue weighted by atomic mass is 16.6. The van der Waals surface area contributed by atoms with E-state index in [4.69, 9.17) is 9.47 Å². The van der Waals surface area contributed by atoms with E-state index in [1.54, 1.807) is 4.90 Å².